The minimum absolute atomic E-state index is 0.0636. The number of aromatic amines is 1. The van der Waals surface area contributed by atoms with E-state index in [1.807, 2.05) is 13.8 Å². The molecule has 0 aliphatic heterocycles. The number of aryl methyl sites for hydroxylation is 2. The Balaban J connectivity index is 2.21. The number of aromatic nitrogens is 2. The Bertz CT molecular complexity index is 692. The van der Waals surface area contributed by atoms with E-state index in [4.69, 9.17) is 11.6 Å². The molecule has 0 unspecified atom stereocenters. The Morgan fingerprint density at radius 3 is 2.76 bits per heavy atom. The molecule has 0 fully saturated rings. The zero-order valence-corrected chi connectivity index (χ0v) is 12.2. The molecule has 2 aromatic rings. The summed E-state index contributed by atoms with van der Waals surface area (Å²) in [4.78, 5) is 22.5. The van der Waals surface area contributed by atoms with E-state index in [2.05, 4.69) is 15.5 Å². The van der Waals surface area contributed by atoms with Crippen molar-refractivity contribution in [1.82, 2.24) is 15.5 Å². The number of H-pyrrole nitrogens is 1. The van der Waals surface area contributed by atoms with E-state index in [1.165, 1.54) is 18.2 Å². The number of carbonyl (C=O) groups is 1. The lowest BCUT2D eigenvalue weighted by Crippen LogP contribution is -2.24. The Labute approximate surface area is 125 Å². The topological polar surface area (TPSA) is 101 Å². The second-order valence-corrected chi connectivity index (χ2v) is 4.95. The molecule has 8 heteroatoms. The van der Waals surface area contributed by atoms with Gasteiger partial charge in [-0.2, -0.15) is 5.10 Å². The number of hydrogen-bond donors (Lipinski definition) is 2. The summed E-state index contributed by atoms with van der Waals surface area (Å²) in [7, 11) is 0. The van der Waals surface area contributed by atoms with Crippen LogP contribution in [0.1, 0.15) is 27.3 Å². The molecule has 0 atom stereocenters. The van der Waals surface area contributed by atoms with Gasteiger partial charge in [0.1, 0.15) is 5.56 Å². The molecule has 0 spiro atoms. The van der Waals surface area contributed by atoms with Crippen LogP contribution in [0.4, 0.5) is 5.69 Å². The highest BCUT2D eigenvalue weighted by Crippen LogP contribution is 2.22. The van der Waals surface area contributed by atoms with Crippen LogP contribution in [-0.4, -0.2) is 21.0 Å². The molecule has 1 heterocycles. The maximum atomic E-state index is 12.1. The molecule has 110 valence electrons. The van der Waals surface area contributed by atoms with Gasteiger partial charge in [0.15, 0.2) is 0 Å². The van der Waals surface area contributed by atoms with E-state index in [9.17, 15) is 14.9 Å². The summed E-state index contributed by atoms with van der Waals surface area (Å²) in [5, 5.41) is 20.7. The normalized spacial score (nSPS) is 10.4. The lowest BCUT2D eigenvalue weighted by Gasteiger charge is -2.06. The Morgan fingerprint density at radius 2 is 2.19 bits per heavy atom. The molecule has 1 aromatic heterocycles. The molecule has 1 aromatic carbocycles. The van der Waals surface area contributed by atoms with Crippen molar-refractivity contribution in [2.45, 2.75) is 20.4 Å². The van der Waals surface area contributed by atoms with Crippen LogP contribution in [0.5, 0.6) is 0 Å². The lowest BCUT2D eigenvalue weighted by atomic mass is 10.1. The summed E-state index contributed by atoms with van der Waals surface area (Å²) in [6.45, 7) is 3.88. The van der Waals surface area contributed by atoms with Crippen molar-refractivity contribution in [2.75, 3.05) is 0 Å². The quantitative estimate of drug-likeness (QED) is 0.669. The third-order valence-electron chi connectivity index (χ3n) is 3.11. The number of nitro groups is 1. The van der Waals surface area contributed by atoms with Crippen molar-refractivity contribution in [3.63, 3.8) is 0 Å². The molecule has 0 saturated carbocycles. The molecule has 1 amide bonds. The molecule has 7 nitrogen and oxygen atoms in total. The summed E-state index contributed by atoms with van der Waals surface area (Å²) in [5.74, 6) is -0.552. The highest BCUT2D eigenvalue weighted by atomic mass is 35.5. The van der Waals surface area contributed by atoms with Gasteiger partial charge in [0.05, 0.1) is 10.6 Å². The third-order valence-corrected chi connectivity index (χ3v) is 3.34. The summed E-state index contributed by atoms with van der Waals surface area (Å²) in [5.41, 5.74) is 2.12. The van der Waals surface area contributed by atoms with Crippen LogP contribution < -0.4 is 5.32 Å². The molecule has 0 aliphatic carbocycles. The second kappa shape index (κ2) is 5.92. The summed E-state index contributed by atoms with van der Waals surface area (Å²) in [6.07, 6.45) is 0. The van der Waals surface area contributed by atoms with Gasteiger partial charge in [-0.15, -0.1) is 0 Å². The first-order valence-electron chi connectivity index (χ1n) is 6.12. The summed E-state index contributed by atoms with van der Waals surface area (Å²) < 4.78 is 0. The number of hydrogen-bond acceptors (Lipinski definition) is 4. The smallest absolute Gasteiger partial charge is 0.282 e. The fourth-order valence-corrected chi connectivity index (χ4v) is 2.12. The first kappa shape index (κ1) is 15.0. The molecule has 0 aliphatic rings. The SMILES string of the molecule is Cc1n[nH]c(C)c1CNC(=O)c1cc(Cl)ccc1[N+](=O)[O-]. The van der Waals surface area contributed by atoms with Gasteiger partial charge < -0.3 is 5.32 Å². The molecule has 21 heavy (non-hydrogen) atoms. The minimum Gasteiger partial charge on any atom is -0.348 e. The van der Waals surface area contributed by atoms with E-state index in [0.29, 0.717) is 0 Å². The van der Waals surface area contributed by atoms with E-state index in [0.717, 1.165) is 17.0 Å². The molecule has 0 bridgehead atoms. The van der Waals surface area contributed by atoms with Gasteiger partial charge in [0.25, 0.3) is 11.6 Å². The average Bonchev–Trinajstić information content (AvgIpc) is 2.75. The number of nitro benzene ring substituents is 1. The van der Waals surface area contributed by atoms with Gasteiger partial charge in [-0.3, -0.25) is 20.0 Å². The number of amides is 1. The predicted octanol–water partition coefficient (Wildman–Crippen LogP) is 2.52. The van der Waals surface area contributed by atoms with Crippen molar-refractivity contribution in [1.29, 1.82) is 0 Å². The highest BCUT2D eigenvalue weighted by Gasteiger charge is 2.20. The number of halogens is 1. The van der Waals surface area contributed by atoms with Gasteiger partial charge in [0, 0.05) is 28.9 Å². The fraction of sp³-hybridized carbons (Fsp3) is 0.231. The molecule has 0 saturated heterocycles. The number of nitrogens with one attached hydrogen (secondary N) is 2. The van der Waals surface area contributed by atoms with Crippen LogP contribution >= 0.6 is 11.6 Å². The van der Waals surface area contributed by atoms with Gasteiger partial charge in [-0.25, -0.2) is 0 Å². The second-order valence-electron chi connectivity index (χ2n) is 4.51. The van der Waals surface area contributed by atoms with E-state index < -0.39 is 10.8 Å². The predicted molar refractivity (Wildman–Crippen MR) is 77.3 cm³/mol. The highest BCUT2D eigenvalue weighted by molar-refractivity contribution is 6.31. The van der Waals surface area contributed by atoms with Crippen LogP contribution in [0.15, 0.2) is 18.2 Å². The number of nitrogens with zero attached hydrogens (tertiary/aromatic N) is 2. The Morgan fingerprint density at radius 1 is 1.48 bits per heavy atom. The third kappa shape index (κ3) is 3.19. The molecule has 2 rings (SSSR count). The average molecular weight is 309 g/mol. The van der Waals surface area contributed by atoms with Crippen LogP contribution in [0.25, 0.3) is 0 Å². The van der Waals surface area contributed by atoms with Gasteiger partial charge in [-0.05, 0) is 26.0 Å². The first-order valence-corrected chi connectivity index (χ1v) is 6.50. The summed E-state index contributed by atoms with van der Waals surface area (Å²) in [6, 6.07) is 3.87. The van der Waals surface area contributed by atoms with Gasteiger partial charge >= 0.3 is 0 Å². The molecule has 0 radical (unpaired) electrons. The Kier molecular flexibility index (Phi) is 4.23. The fourth-order valence-electron chi connectivity index (χ4n) is 1.95. The Hall–Kier alpha value is -2.41. The largest absolute Gasteiger partial charge is 0.348 e. The molecule has 2 N–H and O–H groups in total. The minimum atomic E-state index is -0.612. The van der Waals surface area contributed by atoms with Crippen molar-refractivity contribution < 1.29 is 9.72 Å². The zero-order chi connectivity index (χ0) is 15.6. The summed E-state index contributed by atoms with van der Waals surface area (Å²) >= 11 is 5.80. The van der Waals surface area contributed by atoms with Crippen molar-refractivity contribution in [2.24, 2.45) is 0 Å². The van der Waals surface area contributed by atoms with Crippen LogP contribution in [0, 0.1) is 24.0 Å². The van der Waals surface area contributed by atoms with Crippen LogP contribution in [-0.2, 0) is 6.54 Å². The van der Waals surface area contributed by atoms with E-state index >= 15 is 0 Å². The van der Waals surface area contributed by atoms with E-state index in [-0.39, 0.29) is 22.8 Å². The monoisotopic (exact) mass is 308 g/mol. The van der Waals surface area contributed by atoms with Crippen molar-refractivity contribution in [3.05, 3.63) is 55.9 Å². The van der Waals surface area contributed by atoms with Crippen molar-refractivity contribution >= 4 is 23.2 Å². The van der Waals surface area contributed by atoms with Crippen LogP contribution in [0.3, 0.4) is 0 Å². The standard InChI is InChI=1S/C13H13ClN4O3/c1-7-11(8(2)17-16-7)6-15-13(19)10-5-9(14)3-4-12(10)18(20)21/h3-5H,6H2,1-2H3,(H,15,19)(H,16,17). The van der Waals surface area contributed by atoms with Crippen LogP contribution in [0.2, 0.25) is 5.02 Å². The maximum Gasteiger partial charge on any atom is 0.282 e. The van der Waals surface area contributed by atoms with Crippen molar-refractivity contribution in [3.8, 4) is 0 Å². The first-order chi connectivity index (χ1) is 9.90. The van der Waals surface area contributed by atoms with E-state index in [1.54, 1.807) is 0 Å². The zero-order valence-electron chi connectivity index (χ0n) is 11.4. The lowest BCUT2D eigenvalue weighted by molar-refractivity contribution is -0.385. The molecular formula is C13H13ClN4O3. The molecular weight excluding hydrogens is 296 g/mol. The van der Waals surface area contributed by atoms with Gasteiger partial charge in [-0.1, -0.05) is 11.6 Å². The maximum absolute atomic E-state index is 12.1. The number of carbonyl (C=O) groups excluding carboxylic acids is 1. The number of benzene rings is 1. The van der Waals surface area contributed by atoms with Gasteiger partial charge in [0.2, 0.25) is 0 Å². The number of rotatable bonds is 4.